The number of carbonyl (C=O) groups excluding carboxylic acids is 1. The molecule has 0 aromatic heterocycles. The normalized spacial score (nSPS) is 25.8. The maximum atomic E-state index is 12.5. The maximum Gasteiger partial charge on any atom is 0.224 e. The minimum absolute atomic E-state index is 0.259. The SMILES string of the molecule is C[C@H]1C[C@@H](N)CCN1C(=O)CCN1CCN(c2ccccc2)CC1. The topological polar surface area (TPSA) is 52.8 Å². The number of hydrogen-bond donors (Lipinski definition) is 1. The van der Waals surface area contributed by atoms with E-state index >= 15 is 0 Å². The molecule has 2 heterocycles. The van der Waals surface area contributed by atoms with Gasteiger partial charge in [-0.05, 0) is 31.9 Å². The Kier molecular flexibility index (Phi) is 5.74. The summed E-state index contributed by atoms with van der Waals surface area (Å²) < 4.78 is 0. The van der Waals surface area contributed by atoms with Crippen LogP contribution in [0.25, 0.3) is 0 Å². The van der Waals surface area contributed by atoms with Crippen LogP contribution >= 0.6 is 0 Å². The number of carbonyl (C=O) groups is 1. The lowest BCUT2D eigenvalue weighted by Gasteiger charge is -2.38. The van der Waals surface area contributed by atoms with E-state index in [4.69, 9.17) is 5.73 Å². The average Bonchev–Trinajstić information content (AvgIpc) is 2.61. The van der Waals surface area contributed by atoms with Crippen molar-refractivity contribution in [2.75, 3.05) is 44.2 Å². The van der Waals surface area contributed by atoms with Crippen molar-refractivity contribution in [2.45, 2.75) is 38.3 Å². The summed E-state index contributed by atoms with van der Waals surface area (Å²) in [6.07, 6.45) is 2.50. The van der Waals surface area contributed by atoms with Gasteiger partial charge < -0.3 is 15.5 Å². The Bertz CT molecular complexity index is 527. The molecule has 2 aliphatic heterocycles. The van der Waals surface area contributed by atoms with Gasteiger partial charge in [-0.25, -0.2) is 0 Å². The molecule has 0 spiro atoms. The molecule has 132 valence electrons. The number of piperazine rings is 1. The van der Waals surface area contributed by atoms with E-state index in [2.05, 4.69) is 47.1 Å². The largest absolute Gasteiger partial charge is 0.369 e. The highest BCUT2D eigenvalue weighted by molar-refractivity contribution is 5.76. The van der Waals surface area contributed by atoms with E-state index in [1.54, 1.807) is 0 Å². The molecule has 1 aromatic carbocycles. The van der Waals surface area contributed by atoms with Crippen LogP contribution in [0.1, 0.15) is 26.2 Å². The Labute approximate surface area is 145 Å². The zero-order chi connectivity index (χ0) is 16.9. The first-order chi connectivity index (χ1) is 11.6. The molecule has 0 unspecified atom stereocenters. The van der Waals surface area contributed by atoms with Crippen LogP contribution in [0, 0.1) is 0 Å². The molecule has 0 radical (unpaired) electrons. The van der Waals surface area contributed by atoms with E-state index in [1.807, 2.05) is 4.90 Å². The predicted molar refractivity (Wildman–Crippen MR) is 98.1 cm³/mol. The van der Waals surface area contributed by atoms with E-state index in [0.717, 1.165) is 52.1 Å². The van der Waals surface area contributed by atoms with Crippen molar-refractivity contribution in [1.82, 2.24) is 9.80 Å². The van der Waals surface area contributed by atoms with Crippen LogP contribution in [0.3, 0.4) is 0 Å². The summed E-state index contributed by atoms with van der Waals surface area (Å²) in [7, 11) is 0. The predicted octanol–water partition coefficient (Wildman–Crippen LogP) is 1.54. The van der Waals surface area contributed by atoms with E-state index in [0.29, 0.717) is 12.3 Å². The summed E-state index contributed by atoms with van der Waals surface area (Å²) in [5.74, 6) is 0.292. The summed E-state index contributed by atoms with van der Waals surface area (Å²) in [4.78, 5) is 19.4. The molecule has 3 rings (SSSR count). The minimum Gasteiger partial charge on any atom is -0.369 e. The summed E-state index contributed by atoms with van der Waals surface area (Å²) in [6.45, 7) is 7.95. The third-order valence-corrected chi connectivity index (χ3v) is 5.37. The smallest absolute Gasteiger partial charge is 0.224 e. The lowest BCUT2D eigenvalue weighted by molar-refractivity contribution is -0.135. The zero-order valence-electron chi connectivity index (χ0n) is 14.7. The quantitative estimate of drug-likeness (QED) is 0.910. The molecule has 0 aliphatic carbocycles. The molecular formula is C19H30N4O. The van der Waals surface area contributed by atoms with Gasteiger partial charge in [-0.2, -0.15) is 0 Å². The third-order valence-electron chi connectivity index (χ3n) is 5.37. The summed E-state index contributed by atoms with van der Waals surface area (Å²) >= 11 is 0. The molecule has 2 aliphatic rings. The van der Waals surface area contributed by atoms with Gasteiger partial charge in [-0.1, -0.05) is 18.2 Å². The van der Waals surface area contributed by atoms with Gasteiger partial charge in [-0.3, -0.25) is 9.69 Å². The second-order valence-electron chi connectivity index (χ2n) is 7.13. The van der Waals surface area contributed by atoms with Crippen LogP contribution in [0.15, 0.2) is 30.3 Å². The van der Waals surface area contributed by atoms with E-state index < -0.39 is 0 Å². The lowest BCUT2D eigenvalue weighted by Crippen LogP contribution is -2.50. The van der Waals surface area contributed by atoms with Crippen LogP contribution < -0.4 is 10.6 Å². The number of hydrogen-bond acceptors (Lipinski definition) is 4. The van der Waals surface area contributed by atoms with Crippen LogP contribution in [0.5, 0.6) is 0 Å². The number of anilines is 1. The van der Waals surface area contributed by atoms with Gasteiger partial charge in [0, 0.05) is 63.5 Å². The lowest BCUT2D eigenvalue weighted by atomic mass is 9.99. The van der Waals surface area contributed by atoms with Crippen molar-refractivity contribution in [3.8, 4) is 0 Å². The highest BCUT2D eigenvalue weighted by atomic mass is 16.2. The molecule has 0 bridgehead atoms. The second-order valence-corrected chi connectivity index (χ2v) is 7.13. The first-order valence-corrected chi connectivity index (χ1v) is 9.21. The number of para-hydroxylation sites is 1. The highest BCUT2D eigenvalue weighted by Gasteiger charge is 2.27. The molecule has 2 fully saturated rings. The van der Waals surface area contributed by atoms with Gasteiger partial charge in [0.15, 0.2) is 0 Å². The number of amides is 1. The number of rotatable bonds is 4. The molecule has 5 heteroatoms. The standard InChI is InChI=1S/C19H30N4O/c1-16-15-17(20)7-10-23(16)19(24)8-9-21-11-13-22(14-12-21)18-5-3-2-4-6-18/h2-6,16-17H,7-15,20H2,1H3/t16-,17-/m0/s1. The zero-order valence-corrected chi connectivity index (χ0v) is 14.7. The molecule has 2 atom stereocenters. The van der Waals surface area contributed by atoms with Gasteiger partial charge in [0.1, 0.15) is 0 Å². The maximum absolute atomic E-state index is 12.5. The van der Waals surface area contributed by atoms with Crippen molar-refractivity contribution in [1.29, 1.82) is 0 Å². The Balaban J connectivity index is 1.41. The van der Waals surface area contributed by atoms with Gasteiger partial charge >= 0.3 is 0 Å². The van der Waals surface area contributed by atoms with Crippen molar-refractivity contribution in [3.63, 3.8) is 0 Å². The van der Waals surface area contributed by atoms with Crippen molar-refractivity contribution >= 4 is 11.6 Å². The van der Waals surface area contributed by atoms with Crippen LogP contribution in [-0.4, -0.2) is 67.1 Å². The van der Waals surface area contributed by atoms with E-state index in [1.165, 1.54) is 5.69 Å². The van der Waals surface area contributed by atoms with Gasteiger partial charge in [0.05, 0.1) is 0 Å². The van der Waals surface area contributed by atoms with Crippen LogP contribution in [-0.2, 0) is 4.79 Å². The number of benzene rings is 1. The first-order valence-electron chi connectivity index (χ1n) is 9.21. The van der Waals surface area contributed by atoms with Gasteiger partial charge in [-0.15, -0.1) is 0 Å². The number of nitrogens with two attached hydrogens (primary N) is 1. The van der Waals surface area contributed by atoms with Gasteiger partial charge in [0.25, 0.3) is 0 Å². The summed E-state index contributed by atoms with van der Waals surface area (Å²) in [6, 6.07) is 11.1. The van der Waals surface area contributed by atoms with Gasteiger partial charge in [0.2, 0.25) is 5.91 Å². The summed E-state index contributed by atoms with van der Waals surface area (Å²) in [5, 5.41) is 0. The van der Waals surface area contributed by atoms with Crippen molar-refractivity contribution < 1.29 is 4.79 Å². The van der Waals surface area contributed by atoms with E-state index in [-0.39, 0.29) is 12.1 Å². The molecular weight excluding hydrogens is 300 g/mol. The molecule has 2 N–H and O–H groups in total. The summed E-state index contributed by atoms with van der Waals surface area (Å²) in [5.41, 5.74) is 7.29. The fraction of sp³-hybridized carbons (Fsp3) is 0.632. The molecule has 2 saturated heterocycles. The minimum atomic E-state index is 0.259. The highest BCUT2D eigenvalue weighted by Crippen LogP contribution is 2.18. The van der Waals surface area contributed by atoms with E-state index in [9.17, 15) is 4.79 Å². The number of likely N-dealkylation sites (tertiary alicyclic amines) is 1. The Morgan fingerprint density at radius 2 is 1.83 bits per heavy atom. The monoisotopic (exact) mass is 330 g/mol. The van der Waals surface area contributed by atoms with Crippen LogP contribution in [0.4, 0.5) is 5.69 Å². The Morgan fingerprint density at radius 3 is 2.50 bits per heavy atom. The number of piperidine rings is 1. The molecule has 24 heavy (non-hydrogen) atoms. The fourth-order valence-electron chi connectivity index (χ4n) is 3.84. The Hall–Kier alpha value is -1.59. The molecule has 5 nitrogen and oxygen atoms in total. The fourth-order valence-corrected chi connectivity index (χ4v) is 3.84. The Morgan fingerprint density at radius 1 is 1.12 bits per heavy atom. The van der Waals surface area contributed by atoms with Crippen molar-refractivity contribution in [2.24, 2.45) is 5.73 Å². The first kappa shape index (κ1) is 17.2. The average molecular weight is 330 g/mol. The third kappa shape index (κ3) is 4.28. The van der Waals surface area contributed by atoms with Crippen molar-refractivity contribution in [3.05, 3.63) is 30.3 Å². The molecule has 1 amide bonds. The number of nitrogens with zero attached hydrogens (tertiary/aromatic N) is 3. The second kappa shape index (κ2) is 7.99. The molecule has 1 aromatic rings. The van der Waals surface area contributed by atoms with Crippen LogP contribution in [0.2, 0.25) is 0 Å². The molecule has 0 saturated carbocycles.